The molecule has 2 heteroatoms. The summed E-state index contributed by atoms with van der Waals surface area (Å²) in [5, 5.41) is 0. The summed E-state index contributed by atoms with van der Waals surface area (Å²) in [6.45, 7) is 0. The Morgan fingerprint density at radius 2 is 1.30 bits per heavy atom. The van der Waals surface area contributed by atoms with E-state index >= 15 is 0 Å². The van der Waals surface area contributed by atoms with Crippen molar-refractivity contribution in [3.05, 3.63) is 0 Å². The second-order valence-electron chi connectivity index (χ2n) is 3.80. The average Bonchev–Trinajstić information content (AvgIpc) is 1.93. The number of hydrogen-bond acceptors (Lipinski definition) is 0. The Labute approximate surface area is 74.7 Å². The van der Waals surface area contributed by atoms with E-state index in [0.717, 1.165) is 38.5 Å². The molecule has 0 aromatic carbocycles. The Kier molecular flexibility index (Phi) is 1.52. The molecule has 0 radical (unpaired) electrons. The highest BCUT2D eigenvalue weighted by Crippen LogP contribution is 2.53. The summed E-state index contributed by atoms with van der Waals surface area (Å²) in [5.41, 5.74) is -0.743. The zero-order valence-electron chi connectivity index (χ0n) is 6.00. The molecular weight excluding hydrogens is 242 g/mol. The molecule has 0 heterocycles. The molecule has 3 aliphatic carbocycles. The van der Waals surface area contributed by atoms with Crippen LogP contribution in [0.1, 0.15) is 38.5 Å². The van der Waals surface area contributed by atoms with Crippen LogP contribution in [-0.2, 0) is 0 Å². The molecule has 3 fully saturated rings. The van der Waals surface area contributed by atoms with E-state index in [9.17, 15) is 4.39 Å². The van der Waals surface area contributed by atoms with Crippen molar-refractivity contribution in [2.75, 3.05) is 0 Å². The Bertz CT molecular complexity index is 113. The molecule has 0 saturated heterocycles. The predicted molar refractivity (Wildman–Crippen MR) is 48.3 cm³/mol. The molecule has 0 spiro atoms. The first-order valence-electron chi connectivity index (χ1n) is 4.00. The van der Waals surface area contributed by atoms with Crippen molar-refractivity contribution < 1.29 is 4.39 Å². The van der Waals surface area contributed by atoms with Crippen LogP contribution in [0.2, 0.25) is 0 Å². The fourth-order valence-corrected chi connectivity index (χ4v) is 2.90. The van der Waals surface area contributed by atoms with Crippen LogP contribution in [0.4, 0.5) is 4.39 Å². The molecule has 0 aromatic rings. The van der Waals surface area contributed by atoms with Crippen LogP contribution in [-0.4, -0.2) is 9.09 Å². The van der Waals surface area contributed by atoms with Gasteiger partial charge in [0, 0.05) is 3.42 Å². The zero-order chi connectivity index (χ0) is 7.24. The molecule has 10 heavy (non-hydrogen) atoms. The van der Waals surface area contributed by atoms with E-state index in [4.69, 9.17) is 0 Å². The normalized spacial score (nSPS) is 53.4. The van der Waals surface area contributed by atoms with Gasteiger partial charge in [0.15, 0.2) is 0 Å². The molecule has 0 unspecified atom stereocenters. The molecule has 0 aromatic heterocycles. The van der Waals surface area contributed by atoms with Crippen LogP contribution in [0.5, 0.6) is 0 Å². The first kappa shape index (κ1) is 7.32. The van der Waals surface area contributed by atoms with E-state index in [2.05, 4.69) is 22.6 Å². The molecule has 0 amide bonds. The maximum absolute atomic E-state index is 13.5. The average molecular weight is 254 g/mol. The minimum absolute atomic E-state index is 0.492. The number of rotatable bonds is 0. The number of fused-ring (bicyclic) bond motifs is 3. The highest BCUT2D eigenvalue weighted by atomic mass is 127. The summed E-state index contributed by atoms with van der Waals surface area (Å²) in [4.78, 5) is 0. The maximum Gasteiger partial charge on any atom is 0.111 e. The van der Waals surface area contributed by atoms with Crippen molar-refractivity contribution in [3.8, 4) is 0 Å². The molecule has 0 atom stereocenters. The topological polar surface area (TPSA) is 0 Å². The fraction of sp³-hybridized carbons (Fsp3) is 1.00. The summed E-state index contributed by atoms with van der Waals surface area (Å²) in [6, 6.07) is 0. The molecule has 3 saturated carbocycles. The van der Waals surface area contributed by atoms with Crippen molar-refractivity contribution in [2.45, 2.75) is 47.6 Å². The van der Waals surface area contributed by atoms with E-state index < -0.39 is 5.67 Å². The lowest BCUT2D eigenvalue weighted by Gasteiger charge is -2.46. The second kappa shape index (κ2) is 2.08. The molecule has 3 rings (SSSR count). The van der Waals surface area contributed by atoms with Crippen molar-refractivity contribution in [3.63, 3.8) is 0 Å². The fourth-order valence-electron chi connectivity index (χ4n) is 2.09. The van der Waals surface area contributed by atoms with Crippen LogP contribution in [0, 0.1) is 0 Å². The van der Waals surface area contributed by atoms with Crippen LogP contribution in [0.3, 0.4) is 0 Å². The van der Waals surface area contributed by atoms with Gasteiger partial charge in [-0.2, -0.15) is 0 Å². The van der Waals surface area contributed by atoms with Gasteiger partial charge < -0.3 is 0 Å². The third-order valence-electron chi connectivity index (χ3n) is 3.06. The molecule has 0 nitrogen and oxygen atoms in total. The van der Waals surface area contributed by atoms with Gasteiger partial charge in [-0.25, -0.2) is 4.39 Å². The van der Waals surface area contributed by atoms with Crippen molar-refractivity contribution in [2.24, 2.45) is 0 Å². The van der Waals surface area contributed by atoms with E-state index in [1.807, 2.05) is 0 Å². The van der Waals surface area contributed by atoms with Crippen LogP contribution in [0.15, 0.2) is 0 Å². The Morgan fingerprint density at radius 3 is 1.60 bits per heavy atom. The van der Waals surface area contributed by atoms with Gasteiger partial charge in [0.25, 0.3) is 0 Å². The van der Waals surface area contributed by atoms with Gasteiger partial charge in [0.1, 0.15) is 5.67 Å². The summed E-state index contributed by atoms with van der Waals surface area (Å²) >= 11 is 2.53. The van der Waals surface area contributed by atoms with Crippen LogP contribution < -0.4 is 0 Å². The Hall–Kier alpha value is 0.660. The van der Waals surface area contributed by atoms with E-state index in [1.165, 1.54) is 0 Å². The quantitative estimate of drug-likeness (QED) is 0.460. The number of halogens is 2. The van der Waals surface area contributed by atoms with Gasteiger partial charge in [-0.15, -0.1) is 0 Å². The van der Waals surface area contributed by atoms with Gasteiger partial charge in [-0.05, 0) is 38.5 Å². The first-order chi connectivity index (χ1) is 4.62. The third kappa shape index (κ3) is 1.08. The summed E-state index contributed by atoms with van der Waals surface area (Å²) in [6.07, 6.45) is 5.83. The second-order valence-corrected chi connectivity index (χ2v) is 6.09. The number of hydrogen-bond donors (Lipinski definition) is 0. The standard InChI is InChI=1S/C8H12FI/c9-7-1-4-8(10,5-2-7)6-3-7/h1-6H2. The lowest BCUT2D eigenvalue weighted by Crippen LogP contribution is -2.43. The van der Waals surface area contributed by atoms with Gasteiger partial charge in [-0.1, -0.05) is 22.6 Å². The molecular formula is C8H12FI. The highest BCUT2D eigenvalue weighted by molar-refractivity contribution is 14.1. The van der Waals surface area contributed by atoms with Crippen LogP contribution >= 0.6 is 22.6 Å². The maximum atomic E-state index is 13.5. The lowest BCUT2D eigenvalue weighted by atomic mass is 9.69. The zero-order valence-corrected chi connectivity index (χ0v) is 8.16. The van der Waals surface area contributed by atoms with Gasteiger partial charge in [-0.3, -0.25) is 0 Å². The summed E-state index contributed by atoms with van der Waals surface area (Å²) < 4.78 is 14.0. The number of alkyl halides is 2. The lowest BCUT2D eigenvalue weighted by molar-refractivity contribution is 0.0399. The minimum Gasteiger partial charge on any atom is -0.244 e. The molecule has 3 aliphatic rings. The third-order valence-corrected chi connectivity index (χ3v) is 4.68. The summed E-state index contributed by atoms with van der Waals surface area (Å²) in [7, 11) is 0. The van der Waals surface area contributed by atoms with Crippen LogP contribution in [0.25, 0.3) is 0 Å². The first-order valence-corrected chi connectivity index (χ1v) is 5.08. The molecule has 2 bridgehead atoms. The van der Waals surface area contributed by atoms with E-state index in [1.54, 1.807) is 0 Å². The largest absolute Gasteiger partial charge is 0.244 e. The van der Waals surface area contributed by atoms with E-state index in [-0.39, 0.29) is 0 Å². The molecule has 58 valence electrons. The predicted octanol–water partition coefficient (Wildman–Crippen LogP) is 3.24. The monoisotopic (exact) mass is 254 g/mol. The van der Waals surface area contributed by atoms with Crippen molar-refractivity contribution in [1.82, 2.24) is 0 Å². The Morgan fingerprint density at radius 1 is 0.900 bits per heavy atom. The van der Waals surface area contributed by atoms with Gasteiger partial charge in [0.2, 0.25) is 0 Å². The molecule has 0 N–H and O–H groups in total. The minimum atomic E-state index is -0.743. The van der Waals surface area contributed by atoms with Crippen molar-refractivity contribution in [1.29, 1.82) is 0 Å². The SMILES string of the molecule is FC12CCC(I)(CC1)CC2. The van der Waals surface area contributed by atoms with E-state index in [0.29, 0.717) is 3.42 Å². The Balaban J connectivity index is 2.16. The highest BCUT2D eigenvalue weighted by Gasteiger charge is 2.47. The van der Waals surface area contributed by atoms with Crippen molar-refractivity contribution >= 4 is 22.6 Å². The van der Waals surface area contributed by atoms with Gasteiger partial charge in [0.05, 0.1) is 0 Å². The van der Waals surface area contributed by atoms with Gasteiger partial charge >= 0.3 is 0 Å². The smallest absolute Gasteiger partial charge is 0.111 e. The molecule has 0 aliphatic heterocycles. The summed E-state index contributed by atoms with van der Waals surface area (Å²) in [5.74, 6) is 0.